The largest absolute Gasteiger partial charge is 0.447 e. The summed E-state index contributed by atoms with van der Waals surface area (Å²) in [5.41, 5.74) is 0.799. The molecule has 0 aliphatic rings. The molecule has 2 N–H and O–H groups in total. The zero-order chi connectivity index (χ0) is 12.3. The van der Waals surface area contributed by atoms with Gasteiger partial charge in [-0.2, -0.15) is 5.01 Å². The molecule has 5 nitrogen and oxygen atoms in total. The smallest absolute Gasteiger partial charge is 0.430 e. The van der Waals surface area contributed by atoms with E-state index in [1.165, 1.54) is 11.3 Å². The first-order chi connectivity index (χ1) is 8.22. The molecule has 1 heterocycles. The summed E-state index contributed by atoms with van der Waals surface area (Å²) in [6.45, 7) is 0.124. The van der Waals surface area contributed by atoms with Crippen LogP contribution in [0.1, 0.15) is 0 Å². The maximum absolute atomic E-state index is 11.5. The molecule has 2 rings (SSSR count). The highest BCUT2D eigenvalue weighted by Crippen LogP contribution is 2.27. The highest BCUT2D eigenvalue weighted by molar-refractivity contribution is 7.22. The van der Waals surface area contributed by atoms with E-state index in [9.17, 15) is 4.79 Å². The molecule has 0 radical (unpaired) electrons. The summed E-state index contributed by atoms with van der Waals surface area (Å²) in [5, 5.41) is 1.28. The number of alkyl halides is 1. The Morgan fingerprint density at radius 2 is 2.29 bits per heavy atom. The van der Waals surface area contributed by atoms with Crippen molar-refractivity contribution in [3.63, 3.8) is 0 Å². The fourth-order valence-corrected chi connectivity index (χ4v) is 2.19. The number of hydrogen-bond acceptors (Lipinski definition) is 5. The second kappa shape index (κ2) is 5.31. The fraction of sp³-hybridized carbons (Fsp3) is 0.200. The lowest BCUT2D eigenvalue weighted by atomic mass is 10.3. The number of thiazole rings is 1. The van der Waals surface area contributed by atoms with Crippen LogP contribution in [0.5, 0.6) is 0 Å². The van der Waals surface area contributed by atoms with Gasteiger partial charge in [0, 0.05) is 0 Å². The number of aromatic nitrogens is 1. The molecule has 2 aromatic rings. The molecule has 0 unspecified atom stereocenters. The van der Waals surface area contributed by atoms with Crippen LogP contribution in [0.4, 0.5) is 9.93 Å². The van der Waals surface area contributed by atoms with Gasteiger partial charge >= 0.3 is 6.09 Å². The summed E-state index contributed by atoms with van der Waals surface area (Å²) in [4.78, 5) is 15.7. The fourth-order valence-electron chi connectivity index (χ4n) is 1.24. The first kappa shape index (κ1) is 12.1. The molecule has 0 saturated carbocycles. The maximum atomic E-state index is 11.5. The molecular weight excluding hydrogens is 262 g/mol. The van der Waals surface area contributed by atoms with Crippen molar-refractivity contribution >= 4 is 44.4 Å². The topological polar surface area (TPSA) is 68.5 Å². The summed E-state index contributed by atoms with van der Waals surface area (Å²) in [7, 11) is 0. The number of ether oxygens (including phenoxy) is 1. The van der Waals surface area contributed by atoms with Crippen LogP contribution in [0, 0.1) is 0 Å². The van der Waals surface area contributed by atoms with Gasteiger partial charge in [-0.25, -0.2) is 15.6 Å². The van der Waals surface area contributed by atoms with Gasteiger partial charge < -0.3 is 4.74 Å². The summed E-state index contributed by atoms with van der Waals surface area (Å²) in [5.74, 6) is 5.84. The number of amides is 1. The van der Waals surface area contributed by atoms with Gasteiger partial charge in [0.05, 0.1) is 16.1 Å². The van der Waals surface area contributed by atoms with Crippen LogP contribution in [0.25, 0.3) is 10.2 Å². The molecule has 0 aliphatic heterocycles. The van der Waals surface area contributed by atoms with Crippen LogP contribution in [-0.2, 0) is 4.74 Å². The zero-order valence-corrected chi connectivity index (χ0v) is 10.4. The minimum atomic E-state index is -0.662. The maximum Gasteiger partial charge on any atom is 0.430 e. The van der Waals surface area contributed by atoms with Crippen molar-refractivity contribution in [2.75, 3.05) is 17.5 Å². The number of hydrazine groups is 1. The Balaban J connectivity index is 2.18. The SMILES string of the molecule is NN(C(=O)OCCCl)c1nc2ccccc2s1. The lowest BCUT2D eigenvalue weighted by molar-refractivity contribution is 0.160. The minimum absolute atomic E-state index is 0.124. The number of halogens is 1. The third-order valence-electron chi connectivity index (χ3n) is 1.99. The van der Waals surface area contributed by atoms with E-state index in [0.717, 1.165) is 15.2 Å². The lowest BCUT2D eigenvalue weighted by Crippen LogP contribution is -2.38. The predicted molar refractivity (Wildman–Crippen MR) is 68.4 cm³/mol. The van der Waals surface area contributed by atoms with E-state index < -0.39 is 6.09 Å². The number of fused-ring (bicyclic) bond motifs is 1. The molecule has 0 atom stereocenters. The van der Waals surface area contributed by atoms with Crippen LogP contribution in [0.3, 0.4) is 0 Å². The van der Waals surface area contributed by atoms with Crippen LogP contribution >= 0.6 is 22.9 Å². The molecule has 90 valence electrons. The van der Waals surface area contributed by atoms with Gasteiger partial charge in [0.1, 0.15) is 6.61 Å². The average Bonchev–Trinajstić information content (AvgIpc) is 2.78. The standard InChI is InChI=1S/C10H10ClN3O2S/c11-5-6-16-10(15)14(12)9-13-7-3-1-2-4-8(7)17-9/h1-4H,5-6,12H2. The molecule has 1 aromatic heterocycles. The van der Waals surface area contributed by atoms with Crippen LogP contribution in [-0.4, -0.2) is 23.6 Å². The molecule has 17 heavy (non-hydrogen) atoms. The van der Waals surface area contributed by atoms with E-state index in [1.807, 2.05) is 24.3 Å². The second-order valence-corrected chi connectivity index (χ2v) is 4.52. The van der Waals surface area contributed by atoms with E-state index >= 15 is 0 Å². The van der Waals surface area contributed by atoms with Crippen molar-refractivity contribution in [2.24, 2.45) is 5.84 Å². The molecular formula is C10H10ClN3O2S. The normalized spacial score (nSPS) is 10.5. The van der Waals surface area contributed by atoms with Gasteiger partial charge in [0.15, 0.2) is 0 Å². The van der Waals surface area contributed by atoms with Crippen molar-refractivity contribution < 1.29 is 9.53 Å². The van der Waals surface area contributed by atoms with Gasteiger partial charge in [0.2, 0.25) is 5.13 Å². The molecule has 0 fully saturated rings. The number of nitrogens with two attached hydrogens (primary N) is 1. The third kappa shape index (κ3) is 2.66. The van der Waals surface area contributed by atoms with Crippen LogP contribution < -0.4 is 10.9 Å². The highest BCUT2D eigenvalue weighted by atomic mass is 35.5. The zero-order valence-electron chi connectivity index (χ0n) is 8.80. The van der Waals surface area contributed by atoms with Crippen LogP contribution in [0.2, 0.25) is 0 Å². The molecule has 0 bridgehead atoms. The molecule has 7 heteroatoms. The van der Waals surface area contributed by atoms with Crippen molar-refractivity contribution in [1.29, 1.82) is 0 Å². The molecule has 0 aliphatic carbocycles. The number of nitrogens with zero attached hydrogens (tertiary/aromatic N) is 2. The highest BCUT2D eigenvalue weighted by Gasteiger charge is 2.17. The number of para-hydroxylation sites is 1. The Hall–Kier alpha value is -1.37. The number of rotatable bonds is 3. The Morgan fingerprint density at radius 1 is 1.53 bits per heavy atom. The van der Waals surface area contributed by atoms with E-state index in [4.69, 9.17) is 22.2 Å². The summed E-state index contributed by atoms with van der Waals surface area (Å²) >= 11 is 6.73. The third-order valence-corrected chi connectivity index (χ3v) is 3.18. The van der Waals surface area contributed by atoms with Gasteiger partial charge in [-0.1, -0.05) is 23.5 Å². The van der Waals surface area contributed by atoms with Crippen molar-refractivity contribution in [2.45, 2.75) is 0 Å². The molecule has 0 spiro atoms. The second-order valence-electron chi connectivity index (χ2n) is 3.14. The number of benzene rings is 1. The van der Waals surface area contributed by atoms with E-state index in [2.05, 4.69) is 4.98 Å². The lowest BCUT2D eigenvalue weighted by Gasteiger charge is -2.11. The van der Waals surface area contributed by atoms with Gasteiger partial charge in [-0.3, -0.25) is 0 Å². The Labute approximate surface area is 107 Å². The number of hydrogen-bond donors (Lipinski definition) is 1. The van der Waals surface area contributed by atoms with Crippen molar-refractivity contribution in [1.82, 2.24) is 4.98 Å². The number of carbonyl (C=O) groups is 1. The van der Waals surface area contributed by atoms with Crippen LogP contribution in [0.15, 0.2) is 24.3 Å². The molecule has 1 aromatic carbocycles. The van der Waals surface area contributed by atoms with Crippen molar-refractivity contribution in [3.8, 4) is 0 Å². The Kier molecular flexibility index (Phi) is 3.78. The summed E-state index contributed by atoms with van der Waals surface area (Å²) in [6.07, 6.45) is -0.662. The number of carbonyl (C=O) groups excluding carboxylic acids is 1. The van der Waals surface area contributed by atoms with Gasteiger partial charge in [0.25, 0.3) is 0 Å². The minimum Gasteiger partial charge on any atom is -0.447 e. The van der Waals surface area contributed by atoms with E-state index in [1.54, 1.807) is 0 Å². The summed E-state index contributed by atoms with van der Waals surface area (Å²) < 4.78 is 5.76. The molecule has 0 saturated heterocycles. The predicted octanol–water partition coefficient (Wildman–Crippen LogP) is 2.35. The average molecular weight is 272 g/mol. The Morgan fingerprint density at radius 3 is 3.00 bits per heavy atom. The van der Waals surface area contributed by atoms with E-state index in [-0.39, 0.29) is 12.5 Å². The van der Waals surface area contributed by atoms with Gasteiger partial charge in [-0.15, -0.1) is 11.6 Å². The number of anilines is 1. The summed E-state index contributed by atoms with van der Waals surface area (Å²) in [6, 6.07) is 7.54. The first-order valence-corrected chi connectivity index (χ1v) is 6.20. The Bertz CT molecular complexity index is 498. The first-order valence-electron chi connectivity index (χ1n) is 4.85. The molecule has 1 amide bonds. The quantitative estimate of drug-likeness (QED) is 0.403. The van der Waals surface area contributed by atoms with Crippen molar-refractivity contribution in [3.05, 3.63) is 24.3 Å². The van der Waals surface area contributed by atoms with E-state index in [0.29, 0.717) is 5.13 Å². The monoisotopic (exact) mass is 271 g/mol. The van der Waals surface area contributed by atoms with Gasteiger partial charge in [-0.05, 0) is 12.1 Å².